The summed E-state index contributed by atoms with van der Waals surface area (Å²) in [6.45, 7) is 0.987. The molecule has 0 aromatic carbocycles. The molecule has 0 rings (SSSR count). The number of hydrogen-bond acceptors (Lipinski definition) is 4. The average Bonchev–Trinajstić information content (AvgIpc) is 2.14. The normalized spacial score (nSPS) is 12.1. The minimum Gasteiger partial charge on any atom is -0.481 e. The van der Waals surface area contributed by atoms with E-state index < -0.39 is 12.0 Å². The molecule has 0 bridgehead atoms. The molecule has 0 aliphatic heterocycles. The molecule has 6 heteroatoms. The lowest BCUT2D eigenvalue weighted by atomic mass is 10.1. The highest BCUT2D eigenvalue weighted by atomic mass is 16.4. The second-order valence-corrected chi connectivity index (χ2v) is 2.97. The summed E-state index contributed by atoms with van der Waals surface area (Å²) in [6, 6.07) is -0.746. The topological polar surface area (TPSA) is 118 Å². The molecule has 1 atom stereocenters. The molecule has 0 aromatic heterocycles. The van der Waals surface area contributed by atoms with Crippen molar-refractivity contribution < 1.29 is 14.7 Å². The molecule has 1 amide bonds. The second kappa shape index (κ2) is 7.28. The maximum atomic E-state index is 11.2. The van der Waals surface area contributed by atoms with E-state index >= 15 is 0 Å². The highest BCUT2D eigenvalue weighted by Gasteiger charge is 2.13. The van der Waals surface area contributed by atoms with Gasteiger partial charge in [0.05, 0.1) is 6.04 Å². The summed E-state index contributed by atoms with van der Waals surface area (Å²) in [6.07, 6.45) is 0.757. The van der Waals surface area contributed by atoms with Gasteiger partial charge in [-0.05, 0) is 19.4 Å². The van der Waals surface area contributed by atoms with Crippen molar-refractivity contribution in [3.05, 3.63) is 0 Å². The van der Waals surface area contributed by atoms with Crippen LogP contribution in [0.15, 0.2) is 0 Å². The van der Waals surface area contributed by atoms with Gasteiger partial charge in [-0.1, -0.05) is 0 Å². The van der Waals surface area contributed by atoms with E-state index in [-0.39, 0.29) is 18.7 Å². The van der Waals surface area contributed by atoms with E-state index in [2.05, 4.69) is 5.32 Å². The largest absolute Gasteiger partial charge is 0.481 e. The molecule has 0 saturated heterocycles. The number of rotatable bonds is 7. The Morgan fingerprint density at radius 3 is 2.57 bits per heavy atom. The summed E-state index contributed by atoms with van der Waals surface area (Å²) in [5, 5.41) is 10.9. The number of nitrogens with two attached hydrogens (primary N) is 2. The van der Waals surface area contributed by atoms with Gasteiger partial charge in [0, 0.05) is 13.0 Å². The zero-order valence-corrected chi connectivity index (χ0v) is 8.03. The van der Waals surface area contributed by atoms with Gasteiger partial charge in [-0.3, -0.25) is 9.59 Å². The van der Waals surface area contributed by atoms with Gasteiger partial charge in [-0.15, -0.1) is 0 Å². The first kappa shape index (κ1) is 12.9. The summed E-state index contributed by atoms with van der Waals surface area (Å²) < 4.78 is 0. The zero-order valence-electron chi connectivity index (χ0n) is 8.03. The fourth-order valence-electron chi connectivity index (χ4n) is 0.855. The van der Waals surface area contributed by atoms with Crippen LogP contribution in [0, 0.1) is 0 Å². The van der Waals surface area contributed by atoms with E-state index in [1.54, 1.807) is 0 Å². The fraction of sp³-hybridized carbons (Fsp3) is 0.750. The smallest absolute Gasteiger partial charge is 0.303 e. The lowest BCUT2D eigenvalue weighted by Crippen LogP contribution is -2.41. The van der Waals surface area contributed by atoms with Gasteiger partial charge in [0.1, 0.15) is 0 Å². The van der Waals surface area contributed by atoms with Crippen LogP contribution in [0.2, 0.25) is 0 Å². The molecule has 0 fully saturated rings. The molecule has 0 aliphatic carbocycles. The molecular formula is C8H17N3O3. The maximum Gasteiger partial charge on any atom is 0.303 e. The minimum atomic E-state index is -0.949. The number of carbonyl (C=O) groups is 2. The standard InChI is InChI=1S/C8H17N3O3/c9-4-1-5-11-8(14)6(10)2-3-7(12)13/h6H,1-5,9-10H2,(H,11,14)(H,12,13). The van der Waals surface area contributed by atoms with Crippen LogP contribution in [0.4, 0.5) is 0 Å². The molecule has 0 radical (unpaired) electrons. The summed E-state index contributed by atoms with van der Waals surface area (Å²) in [7, 11) is 0. The number of nitrogens with one attached hydrogen (secondary N) is 1. The Labute approximate surface area is 82.6 Å². The molecule has 0 spiro atoms. The lowest BCUT2D eigenvalue weighted by molar-refractivity contribution is -0.137. The van der Waals surface area contributed by atoms with Crippen molar-refractivity contribution in [3.8, 4) is 0 Å². The molecule has 0 aromatic rings. The highest BCUT2D eigenvalue weighted by molar-refractivity contribution is 5.82. The summed E-state index contributed by atoms with van der Waals surface area (Å²) in [5.41, 5.74) is 10.7. The Morgan fingerprint density at radius 1 is 1.43 bits per heavy atom. The van der Waals surface area contributed by atoms with Crippen LogP contribution in [-0.4, -0.2) is 36.1 Å². The van der Waals surface area contributed by atoms with E-state index in [4.69, 9.17) is 16.6 Å². The van der Waals surface area contributed by atoms with Gasteiger partial charge in [0.15, 0.2) is 0 Å². The Morgan fingerprint density at radius 2 is 2.07 bits per heavy atom. The first-order valence-corrected chi connectivity index (χ1v) is 4.53. The van der Waals surface area contributed by atoms with Gasteiger partial charge < -0.3 is 21.9 Å². The predicted molar refractivity (Wildman–Crippen MR) is 51.5 cm³/mol. The van der Waals surface area contributed by atoms with Crippen LogP contribution in [0.3, 0.4) is 0 Å². The van der Waals surface area contributed by atoms with Crippen molar-refractivity contribution in [3.63, 3.8) is 0 Å². The van der Waals surface area contributed by atoms with E-state index in [1.165, 1.54) is 0 Å². The van der Waals surface area contributed by atoms with Gasteiger partial charge >= 0.3 is 5.97 Å². The summed E-state index contributed by atoms with van der Waals surface area (Å²) >= 11 is 0. The summed E-state index contributed by atoms with van der Waals surface area (Å²) in [5.74, 6) is -1.27. The number of amides is 1. The average molecular weight is 203 g/mol. The Kier molecular flexibility index (Phi) is 6.69. The number of hydrogen-bond donors (Lipinski definition) is 4. The van der Waals surface area contributed by atoms with Crippen LogP contribution in [0.5, 0.6) is 0 Å². The summed E-state index contributed by atoms with van der Waals surface area (Å²) in [4.78, 5) is 21.3. The monoisotopic (exact) mass is 203 g/mol. The van der Waals surface area contributed by atoms with Crippen LogP contribution >= 0.6 is 0 Å². The zero-order chi connectivity index (χ0) is 11.0. The van der Waals surface area contributed by atoms with Crippen molar-refractivity contribution in [1.29, 1.82) is 0 Å². The number of carboxylic acid groups (broad SMARTS) is 1. The van der Waals surface area contributed by atoms with Crippen molar-refractivity contribution in [2.75, 3.05) is 13.1 Å². The SMILES string of the molecule is NCCCNC(=O)C(N)CCC(=O)O. The molecule has 0 heterocycles. The van der Waals surface area contributed by atoms with Crippen molar-refractivity contribution in [2.45, 2.75) is 25.3 Å². The van der Waals surface area contributed by atoms with E-state index in [0.29, 0.717) is 19.5 Å². The predicted octanol–water partition coefficient (Wildman–Crippen LogP) is -1.36. The first-order chi connectivity index (χ1) is 6.57. The van der Waals surface area contributed by atoms with E-state index in [1.807, 2.05) is 0 Å². The van der Waals surface area contributed by atoms with E-state index in [9.17, 15) is 9.59 Å². The van der Waals surface area contributed by atoms with Gasteiger partial charge in [-0.2, -0.15) is 0 Å². The van der Waals surface area contributed by atoms with Gasteiger partial charge in [-0.25, -0.2) is 0 Å². The Bertz CT molecular complexity index is 196. The lowest BCUT2D eigenvalue weighted by Gasteiger charge is -2.10. The third-order valence-electron chi connectivity index (χ3n) is 1.69. The second-order valence-electron chi connectivity index (χ2n) is 2.97. The third kappa shape index (κ3) is 6.38. The van der Waals surface area contributed by atoms with Crippen LogP contribution in [0.25, 0.3) is 0 Å². The quantitative estimate of drug-likeness (QED) is 0.381. The molecule has 82 valence electrons. The van der Waals surface area contributed by atoms with Crippen molar-refractivity contribution in [1.82, 2.24) is 5.32 Å². The number of carbonyl (C=O) groups excluding carboxylic acids is 1. The highest BCUT2D eigenvalue weighted by Crippen LogP contribution is 1.94. The van der Waals surface area contributed by atoms with Crippen LogP contribution in [-0.2, 0) is 9.59 Å². The van der Waals surface area contributed by atoms with Crippen LogP contribution < -0.4 is 16.8 Å². The third-order valence-corrected chi connectivity index (χ3v) is 1.69. The maximum absolute atomic E-state index is 11.2. The molecule has 0 saturated carbocycles. The Balaban J connectivity index is 3.59. The molecule has 6 nitrogen and oxygen atoms in total. The van der Waals surface area contributed by atoms with Crippen LogP contribution in [0.1, 0.15) is 19.3 Å². The number of carboxylic acids is 1. The van der Waals surface area contributed by atoms with Crippen molar-refractivity contribution >= 4 is 11.9 Å². The molecule has 14 heavy (non-hydrogen) atoms. The van der Waals surface area contributed by atoms with E-state index in [0.717, 1.165) is 0 Å². The molecule has 0 aliphatic rings. The molecular weight excluding hydrogens is 186 g/mol. The minimum absolute atomic E-state index is 0.0918. The Hall–Kier alpha value is -1.14. The first-order valence-electron chi connectivity index (χ1n) is 4.53. The number of aliphatic carboxylic acids is 1. The molecule has 6 N–H and O–H groups in total. The van der Waals surface area contributed by atoms with Gasteiger partial charge in [0.25, 0.3) is 0 Å². The fourth-order valence-corrected chi connectivity index (χ4v) is 0.855. The van der Waals surface area contributed by atoms with Gasteiger partial charge in [0.2, 0.25) is 5.91 Å². The van der Waals surface area contributed by atoms with Crippen molar-refractivity contribution in [2.24, 2.45) is 11.5 Å². The molecule has 1 unspecified atom stereocenters.